The molecule has 8 rings (SSSR count). The number of hydrogen-bond acceptors (Lipinski definition) is 12. The van der Waals surface area contributed by atoms with E-state index in [2.05, 4.69) is 20.6 Å². The van der Waals surface area contributed by atoms with Crippen molar-refractivity contribution in [2.75, 3.05) is 36.0 Å². The maximum atomic E-state index is 14.7. The van der Waals surface area contributed by atoms with Crippen LogP contribution in [0, 0.1) is 0 Å². The zero-order valence-electron chi connectivity index (χ0n) is 35.4. The molecular weight excluding hydrogens is 819 g/mol. The first-order valence-electron chi connectivity index (χ1n) is 20.3. The minimum absolute atomic E-state index is 0.0455. The van der Waals surface area contributed by atoms with E-state index < -0.39 is 45.5 Å². The summed E-state index contributed by atoms with van der Waals surface area (Å²) in [7, 11) is 0. The number of aliphatic hydroxyl groups is 2. The van der Waals surface area contributed by atoms with Crippen LogP contribution in [0.5, 0.6) is 0 Å². The molecule has 2 atom stereocenters. The SMILES string of the molecule is CC(C)(C)c1nc(N2CC[C@@](C)(O)C2)c2nnn(Cc3cc(CC(C)(C)c4nc(N5CC[C@](C)(O)C5)c5nnn(Cc6ccccc6C(F)(F)F)c5n4)ccc3C(F)(F)F)c2n1. The van der Waals surface area contributed by atoms with Gasteiger partial charge in [-0.15, -0.1) is 10.2 Å². The summed E-state index contributed by atoms with van der Waals surface area (Å²) in [4.78, 5) is 23.0. The first kappa shape index (κ1) is 43.2. The summed E-state index contributed by atoms with van der Waals surface area (Å²) in [5, 5.41) is 38.8. The van der Waals surface area contributed by atoms with Crippen LogP contribution in [0.4, 0.5) is 38.0 Å². The zero-order chi connectivity index (χ0) is 44.8. The molecule has 0 radical (unpaired) electrons. The molecule has 14 nitrogen and oxygen atoms in total. The maximum absolute atomic E-state index is 14.7. The first-order chi connectivity index (χ1) is 28.8. The summed E-state index contributed by atoms with van der Waals surface area (Å²) in [6, 6.07) is 9.08. The predicted molar refractivity (Wildman–Crippen MR) is 218 cm³/mol. The Balaban J connectivity index is 1.18. The Kier molecular flexibility index (Phi) is 10.3. The van der Waals surface area contributed by atoms with Crippen LogP contribution in [0.3, 0.4) is 0 Å². The van der Waals surface area contributed by atoms with Gasteiger partial charge in [-0.1, -0.05) is 75.4 Å². The Hall–Kier alpha value is -5.50. The topological polar surface area (TPSA) is 160 Å². The monoisotopic (exact) mass is 866 g/mol. The van der Waals surface area contributed by atoms with Crippen LogP contribution in [0.1, 0.15) is 101 Å². The van der Waals surface area contributed by atoms with E-state index in [1.54, 1.807) is 13.8 Å². The van der Waals surface area contributed by atoms with E-state index in [9.17, 15) is 36.6 Å². The average molecular weight is 867 g/mol. The van der Waals surface area contributed by atoms with Gasteiger partial charge in [0.25, 0.3) is 0 Å². The summed E-state index contributed by atoms with van der Waals surface area (Å²) in [6.45, 7) is 13.6. The van der Waals surface area contributed by atoms with Crippen LogP contribution in [-0.2, 0) is 42.7 Å². The van der Waals surface area contributed by atoms with Gasteiger partial charge in [0.15, 0.2) is 34.0 Å². The van der Waals surface area contributed by atoms with Crippen molar-refractivity contribution in [2.45, 2.75) is 115 Å². The highest BCUT2D eigenvalue weighted by Gasteiger charge is 2.39. The molecule has 0 unspecified atom stereocenters. The van der Waals surface area contributed by atoms with Crippen molar-refractivity contribution in [1.82, 2.24) is 49.9 Å². The number of anilines is 2. The Morgan fingerprint density at radius 3 is 1.61 bits per heavy atom. The molecule has 2 aromatic carbocycles. The van der Waals surface area contributed by atoms with Crippen LogP contribution < -0.4 is 9.80 Å². The van der Waals surface area contributed by atoms with Gasteiger partial charge in [-0.05, 0) is 61.9 Å². The summed E-state index contributed by atoms with van der Waals surface area (Å²) in [5.41, 5.74) is -3.84. The second-order valence-corrected chi connectivity index (χ2v) is 18.9. The number of β-amino-alcohol motifs (C(OH)–C–C–N with tert-alkyl or cyclic N) is 2. The maximum Gasteiger partial charge on any atom is 0.416 e. The quantitative estimate of drug-likeness (QED) is 0.150. The fourth-order valence-corrected chi connectivity index (χ4v) is 8.24. The fourth-order valence-electron chi connectivity index (χ4n) is 8.24. The van der Waals surface area contributed by atoms with E-state index in [1.165, 1.54) is 39.7 Å². The van der Waals surface area contributed by atoms with Gasteiger partial charge < -0.3 is 20.0 Å². The molecule has 0 bridgehead atoms. The van der Waals surface area contributed by atoms with Crippen molar-refractivity contribution >= 4 is 34.0 Å². The van der Waals surface area contributed by atoms with Crippen LogP contribution in [0.25, 0.3) is 22.3 Å². The van der Waals surface area contributed by atoms with E-state index in [4.69, 9.17) is 19.9 Å². The number of rotatable bonds is 9. The third kappa shape index (κ3) is 8.50. The Morgan fingerprint density at radius 1 is 0.629 bits per heavy atom. The minimum Gasteiger partial charge on any atom is -0.388 e. The lowest BCUT2D eigenvalue weighted by Gasteiger charge is -2.26. The number of fused-ring (bicyclic) bond motifs is 2. The lowest BCUT2D eigenvalue weighted by atomic mass is 9.84. The Morgan fingerprint density at radius 2 is 1.11 bits per heavy atom. The summed E-state index contributed by atoms with van der Waals surface area (Å²) < 4.78 is 88.8. The molecule has 330 valence electrons. The highest BCUT2D eigenvalue weighted by atomic mass is 19.4. The van der Waals surface area contributed by atoms with Crippen LogP contribution in [0.2, 0.25) is 0 Å². The number of hydrogen-bond donors (Lipinski definition) is 2. The Labute approximate surface area is 353 Å². The van der Waals surface area contributed by atoms with E-state index in [-0.39, 0.29) is 66.4 Å². The second-order valence-electron chi connectivity index (χ2n) is 18.9. The molecule has 2 fully saturated rings. The smallest absolute Gasteiger partial charge is 0.388 e. The molecule has 2 aliphatic rings. The lowest BCUT2D eigenvalue weighted by molar-refractivity contribution is -0.139. The molecule has 4 aromatic heterocycles. The van der Waals surface area contributed by atoms with Crippen LogP contribution in [0.15, 0.2) is 42.5 Å². The Bertz CT molecular complexity index is 2660. The highest BCUT2D eigenvalue weighted by Crippen LogP contribution is 2.38. The van der Waals surface area contributed by atoms with E-state index >= 15 is 0 Å². The zero-order valence-corrected chi connectivity index (χ0v) is 35.4. The van der Waals surface area contributed by atoms with Gasteiger partial charge in [-0.2, -0.15) is 26.3 Å². The molecule has 2 saturated heterocycles. The minimum atomic E-state index is -4.71. The molecule has 2 aliphatic heterocycles. The molecule has 6 heterocycles. The molecule has 20 heteroatoms. The van der Waals surface area contributed by atoms with Gasteiger partial charge in [0.05, 0.1) is 35.4 Å². The molecule has 2 N–H and O–H groups in total. The van der Waals surface area contributed by atoms with Gasteiger partial charge in [-0.25, -0.2) is 29.3 Å². The summed E-state index contributed by atoms with van der Waals surface area (Å²) in [6.07, 6.45) is -8.27. The summed E-state index contributed by atoms with van der Waals surface area (Å²) in [5.74, 6) is 1.48. The van der Waals surface area contributed by atoms with Crippen LogP contribution in [-0.4, -0.2) is 97.5 Å². The third-order valence-corrected chi connectivity index (χ3v) is 11.6. The summed E-state index contributed by atoms with van der Waals surface area (Å²) >= 11 is 0. The van der Waals surface area contributed by atoms with E-state index in [1.807, 2.05) is 44.4 Å². The van der Waals surface area contributed by atoms with E-state index in [0.717, 1.165) is 12.1 Å². The standard InChI is InChI=1S/C42H48F6N12O2/c1-37(2,3)35-49-31(57-16-14-39(6,61)22-57)29-33(51-35)60(56-53-29)21-26-18-24(12-13-28(26)42(46,47)48)19-38(4,5)36-50-32(58-17-15-40(7,62)23-58)30-34(52-36)59(55-54-30)20-25-10-8-9-11-27(25)41(43,44)45/h8-13,18,61-62H,14-17,19-23H2,1-7H3/t39-,40+/m1/s1. The van der Waals surface area contributed by atoms with E-state index in [0.29, 0.717) is 54.5 Å². The normalized spacial score (nSPS) is 20.4. The van der Waals surface area contributed by atoms with Gasteiger partial charge in [-0.3, -0.25) is 0 Å². The molecule has 6 aromatic rings. The average Bonchev–Trinajstić information content (AvgIpc) is 3.95. The van der Waals surface area contributed by atoms with Crippen molar-refractivity contribution in [1.29, 1.82) is 0 Å². The highest BCUT2D eigenvalue weighted by molar-refractivity contribution is 5.84. The first-order valence-corrected chi connectivity index (χ1v) is 20.3. The van der Waals surface area contributed by atoms with Crippen molar-refractivity contribution in [3.63, 3.8) is 0 Å². The molecular formula is C42H48F6N12O2. The largest absolute Gasteiger partial charge is 0.416 e. The number of aromatic nitrogens is 10. The van der Waals surface area contributed by atoms with Gasteiger partial charge >= 0.3 is 12.4 Å². The number of benzene rings is 2. The lowest BCUT2D eigenvalue weighted by Crippen LogP contribution is -2.31. The third-order valence-electron chi connectivity index (χ3n) is 11.6. The molecule has 0 amide bonds. The van der Waals surface area contributed by atoms with Gasteiger partial charge in [0.1, 0.15) is 11.6 Å². The number of nitrogens with zero attached hydrogens (tertiary/aromatic N) is 12. The van der Waals surface area contributed by atoms with Crippen molar-refractivity contribution in [2.24, 2.45) is 0 Å². The number of halogens is 6. The van der Waals surface area contributed by atoms with Gasteiger partial charge in [0.2, 0.25) is 0 Å². The fraction of sp³-hybridized carbons (Fsp3) is 0.524. The number of alkyl halides is 6. The van der Waals surface area contributed by atoms with Crippen molar-refractivity contribution in [3.8, 4) is 0 Å². The predicted octanol–water partition coefficient (Wildman–Crippen LogP) is 6.63. The molecule has 62 heavy (non-hydrogen) atoms. The van der Waals surface area contributed by atoms with Crippen LogP contribution >= 0.6 is 0 Å². The molecule has 0 aliphatic carbocycles. The second kappa shape index (κ2) is 14.8. The molecule has 0 spiro atoms. The molecule has 0 saturated carbocycles. The van der Waals surface area contributed by atoms with Gasteiger partial charge in [0, 0.05) is 37.0 Å². The van der Waals surface area contributed by atoms with Crippen molar-refractivity contribution in [3.05, 3.63) is 81.9 Å². The van der Waals surface area contributed by atoms with Crippen molar-refractivity contribution < 1.29 is 36.6 Å².